The second-order valence-corrected chi connectivity index (χ2v) is 3.57. The van der Waals surface area contributed by atoms with Crippen LogP contribution in [0.5, 0.6) is 5.75 Å². The molecule has 17 heavy (non-hydrogen) atoms. The van der Waals surface area contributed by atoms with E-state index in [9.17, 15) is 4.79 Å². The normalized spacial score (nSPS) is 10.5. The van der Waals surface area contributed by atoms with Crippen molar-refractivity contribution >= 4 is 11.4 Å². The van der Waals surface area contributed by atoms with E-state index < -0.39 is 0 Å². The van der Waals surface area contributed by atoms with Gasteiger partial charge in [-0.15, -0.1) is 0 Å². The van der Waals surface area contributed by atoms with Crippen LogP contribution in [0, 0.1) is 0 Å². The van der Waals surface area contributed by atoms with Gasteiger partial charge in [0.2, 0.25) is 0 Å². The summed E-state index contributed by atoms with van der Waals surface area (Å²) < 4.78 is 7.00. The molecule has 0 spiro atoms. The lowest BCUT2D eigenvalue weighted by molar-refractivity contribution is -0.0755. The lowest BCUT2D eigenvalue weighted by Gasteiger charge is -2.13. The summed E-state index contributed by atoms with van der Waals surface area (Å²) in [6.07, 6.45) is 3.67. The highest BCUT2D eigenvalue weighted by atomic mass is 16.7. The van der Waals surface area contributed by atoms with Gasteiger partial charge in [0.05, 0.1) is 25.3 Å². The highest BCUT2D eigenvalue weighted by molar-refractivity contribution is 6.00. The molecule has 0 atom stereocenters. The van der Waals surface area contributed by atoms with Crippen molar-refractivity contribution in [3.8, 4) is 5.75 Å². The molecule has 2 aromatic heterocycles. The summed E-state index contributed by atoms with van der Waals surface area (Å²) in [5.74, 6) is 0.522. The third kappa shape index (κ3) is 1.97. The quantitative estimate of drug-likeness (QED) is 0.757. The highest BCUT2D eigenvalue weighted by Gasteiger charge is 2.15. The molecule has 0 radical (unpaired) electrons. The van der Waals surface area contributed by atoms with Crippen molar-refractivity contribution in [2.45, 2.75) is 0 Å². The summed E-state index contributed by atoms with van der Waals surface area (Å²) in [4.78, 5) is 16.9. The molecule has 0 aliphatic heterocycles. The molecule has 0 N–H and O–H groups in total. The Bertz CT molecular complexity index is 548. The lowest BCUT2D eigenvalue weighted by atomic mass is 10.2. The molecular formula is C12H14N2O3. The van der Waals surface area contributed by atoms with Crippen molar-refractivity contribution in [1.82, 2.24) is 9.46 Å². The van der Waals surface area contributed by atoms with Gasteiger partial charge < -0.3 is 9.14 Å². The Morgan fingerprint density at radius 2 is 2.00 bits per heavy atom. The molecule has 5 nitrogen and oxygen atoms in total. The van der Waals surface area contributed by atoms with E-state index in [1.54, 1.807) is 20.2 Å². The zero-order valence-electron chi connectivity index (χ0n) is 10.0. The van der Waals surface area contributed by atoms with Crippen LogP contribution in [0.3, 0.4) is 0 Å². The van der Waals surface area contributed by atoms with Crippen LogP contribution in [-0.2, 0) is 4.84 Å². The number of carbonyl (C=O) groups excluding carboxylic acids is 1. The fraction of sp³-hybridized carbons (Fsp3) is 0.250. The molecule has 90 valence electrons. The molecule has 0 bridgehead atoms. The summed E-state index contributed by atoms with van der Waals surface area (Å²) in [6.45, 7) is 0. The number of hydrogen-bond donors (Lipinski definition) is 0. The summed E-state index contributed by atoms with van der Waals surface area (Å²) in [7, 11) is 4.63. The van der Waals surface area contributed by atoms with Gasteiger partial charge in [-0.25, -0.2) is 5.06 Å². The van der Waals surface area contributed by atoms with Crippen LogP contribution in [-0.4, -0.2) is 36.6 Å². The first-order valence-electron chi connectivity index (χ1n) is 5.14. The zero-order chi connectivity index (χ0) is 12.4. The smallest absolute Gasteiger partial charge is 0.279 e. The molecule has 1 amide bonds. The van der Waals surface area contributed by atoms with Gasteiger partial charge in [0, 0.05) is 25.5 Å². The SMILES string of the molecule is COc1ccn2ccc(C(=O)N(C)OC)c2c1. The van der Waals surface area contributed by atoms with Crippen molar-refractivity contribution < 1.29 is 14.4 Å². The molecule has 0 fully saturated rings. The number of nitrogens with zero attached hydrogens (tertiary/aromatic N) is 2. The molecule has 0 aromatic carbocycles. The van der Waals surface area contributed by atoms with Gasteiger partial charge in [-0.1, -0.05) is 0 Å². The van der Waals surface area contributed by atoms with E-state index in [1.165, 1.54) is 12.2 Å². The van der Waals surface area contributed by atoms with Gasteiger partial charge in [0.25, 0.3) is 5.91 Å². The zero-order valence-corrected chi connectivity index (χ0v) is 10.0. The number of amides is 1. The molecule has 0 saturated carbocycles. The van der Waals surface area contributed by atoms with Crippen molar-refractivity contribution in [3.05, 3.63) is 36.2 Å². The van der Waals surface area contributed by atoms with Crippen LogP contribution in [0.25, 0.3) is 5.52 Å². The third-order valence-electron chi connectivity index (χ3n) is 2.66. The van der Waals surface area contributed by atoms with Crippen LogP contribution in [0.1, 0.15) is 10.4 Å². The van der Waals surface area contributed by atoms with Gasteiger partial charge in [0.15, 0.2) is 0 Å². The van der Waals surface area contributed by atoms with Crippen molar-refractivity contribution in [3.63, 3.8) is 0 Å². The van der Waals surface area contributed by atoms with E-state index in [0.717, 1.165) is 5.52 Å². The average molecular weight is 234 g/mol. The number of pyridine rings is 1. The third-order valence-corrected chi connectivity index (χ3v) is 2.66. The monoisotopic (exact) mass is 234 g/mol. The second-order valence-electron chi connectivity index (χ2n) is 3.57. The fourth-order valence-electron chi connectivity index (χ4n) is 1.64. The van der Waals surface area contributed by atoms with E-state index in [2.05, 4.69) is 0 Å². The summed E-state index contributed by atoms with van der Waals surface area (Å²) in [5.41, 5.74) is 1.37. The molecule has 2 heterocycles. The minimum atomic E-state index is -0.191. The van der Waals surface area contributed by atoms with Gasteiger partial charge in [0.1, 0.15) is 5.75 Å². The van der Waals surface area contributed by atoms with Crippen LogP contribution in [0.15, 0.2) is 30.6 Å². The topological polar surface area (TPSA) is 43.2 Å². The van der Waals surface area contributed by atoms with Crippen LogP contribution in [0.4, 0.5) is 0 Å². The van der Waals surface area contributed by atoms with Gasteiger partial charge in [-0.3, -0.25) is 9.63 Å². The highest BCUT2D eigenvalue weighted by Crippen LogP contribution is 2.20. The lowest BCUT2D eigenvalue weighted by Crippen LogP contribution is -2.25. The first-order chi connectivity index (χ1) is 8.17. The number of rotatable bonds is 3. The first-order valence-corrected chi connectivity index (χ1v) is 5.14. The average Bonchev–Trinajstić information content (AvgIpc) is 2.79. The molecule has 0 unspecified atom stereocenters. The molecule has 5 heteroatoms. The van der Waals surface area contributed by atoms with Crippen molar-refractivity contribution in [2.24, 2.45) is 0 Å². The fourth-order valence-corrected chi connectivity index (χ4v) is 1.64. The number of carbonyl (C=O) groups is 1. The van der Waals surface area contributed by atoms with Crippen LogP contribution < -0.4 is 4.74 Å². The van der Waals surface area contributed by atoms with E-state index in [-0.39, 0.29) is 5.91 Å². The van der Waals surface area contributed by atoms with E-state index >= 15 is 0 Å². The second kappa shape index (κ2) is 4.47. The van der Waals surface area contributed by atoms with Crippen LogP contribution >= 0.6 is 0 Å². The first kappa shape index (κ1) is 11.5. The summed E-state index contributed by atoms with van der Waals surface area (Å²) in [6, 6.07) is 5.41. The molecule has 2 aromatic rings. The Labute approximate surface area is 99.1 Å². The summed E-state index contributed by atoms with van der Waals surface area (Å²) >= 11 is 0. The molecule has 0 aliphatic carbocycles. The van der Waals surface area contributed by atoms with E-state index in [0.29, 0.717) is 11.3 Å². The molecule has 0 saturated heterocycles. The minimum absolute atomic E-state index is 0.191. The maximum Gasteiger partial charge on any atom is 0.279 e. The maximum atomic E-state index is 12.0. The summed E-state index contributed by atoms with van der Waals surface area (Å²) in [5, 5.41) is 1.19. The van der Waals surface area contributed by atoms with E-state index in [4.69, 9.17) is 9.57 Å². The Morgan fingerprint density at radius 1 is 1.29 bits per heavy atom. The minimum Gasteiger partial charge on any atom is -0.497 e. The van der Waals surface area contributed by atoms with Crippen molar-refractivity contribution in [2.75, 3.05) is 21.3 Å². The Kier molecular flexibility index (Phi) is 3.01. The van der Waals surface area contributed by atoms with Gasteiger partial charge in [-0.2, -0.15) is 0 Å². The standard InChI is InChI=1S/C12H14N2O3/c1-13(17-3)12(15)10-5-7-14-6-4-9(16-2)8-11(10)14/h4-8H,1-3H3. The van der Waals surface area contributed by atoms with E-state index in [1.807, 2.05) is 28.9 Å². The Hall–Kier alpha value is -2.01. The predicted molar refractivity (Wildman–Crippen MR) is 63.1 cm³/mol. The van der Waals surface area contributed by atoms with Crippen LogP contribution in [0.2, 0.25) is 0 Å². The molecule has 2 rings (SSSR count). The van der Waals surface area contributed by atoms with Crippen molar-refractivity contribution in [1.29, 1.82) is 0 Å². The number of hydrogen-bond acceptors (Lipinski definition) is 3. The number of fused-ring (bicyclic) bond motifs is 1. The van der Waals surface area contributed by atoms with Gasteiger partial charge in [-0.05, 0) is 12.1 Å². The number of aromatic nitrogens is 1. The molecule has 0 aliphatic rings. The number of methoxy groups -OCH3 is 1. The van der Waals surface area contributed by atoms with Gasteiger partial charge >= 0.3 is 0 Å². The Balaban J connectivity index is 2.51. The maximum absolute atomic E-state index is 12.0. The molecular weight excluding hydrogens is 220 g/mol. The number of hydroxylamine groups is 2. The predicted octanol–water partition coefficient (Wildman–Crippen LogP) is 1.58. The largest absolute Gasteiger partial charge is 0.497 e. The Morgan fingerprint density at radius 3 is 2.65 bits per heavy atom. The number of ether oxygens (including phenoxy) is 1.